The van der Waals surface area contributed by atoms with Crippen molar-refractivity contribution in [3.63, 3.8) is 0 Å². The number of carbonyl (C=O) groups excluding carboxylic acids is 3. The second-order valence-electron chi connectivity index (χ2n) is 7.35. The monoisotopic (exact) mass is 381 g/mol. The van der Waals surface area contributed by atoms with Crippen molar-refractivity contribution in [1.29, 1.82) is 0 Å². The van der Waals surface area contributed by atoms with E-state index >= 15 is 0 Å². The van der Waals surface area contributed by atoms with Gasteiger partial charge in [0.15, 0.2) is 11.6 Å². The van der Waals surface area contributed by atoms with E-state index < -0.39 is 17.8 Å². The van der Waals surface area contributed by atoms with Crippen LogP contribution in [0.3, 0.4) is 0 Å². The summed E-state index contributed by atoms with van der Waals surface area (Å²) in [6.45, 7) is 0.0510. The van der Waals surface area contributed by atoms with Crippen molar-refractivity contribution in [2.75, 3.05) is 6.54 Å². The largest absolute Gasteiger partial charge is 0.481 e. The van der Waals surface area contributed by atoms with Crippen LogP contribution in [-0.4, -0.2) is 35.1 Å². The normalized spacial score (nSPS) is 21.4. The standard InChI is InChI=1S/C22H23NO5/c24-16-8-10-18(22(28)23-13-16)19-12-15-11-14(7-9-17(15)21(19)27)5-3-1-2-4-6-20(25)26/h7,9,11,18-19H,1-2,4,6,8,10,12-13H2,(H,23,28)(H,25,26). The van der Waals surface area contributed by atoms with Crippen LogP contribution in [-0.2, 0) is 20.8 Å². The summed E-state index contributed by atoms with van der Waals surface area (Å²) in [6.07, 6.45) is 3.36. The predicted octanol–water partition coefficient (Wildman–Crippen LogP) is 2.13. The lowest BCUT2D eigenvalue weighted by Gasteiger charge is -2.18. The zero-order valence-corrected chi connectivity index (χ0v) is 15.6. The number of unbranched alkanes of at least 4 members (excludes halogenated alkanes) is 2. The van der Waals surface area contributed by atoms with E-state index in [0.29, 0.717) is 37.7 Å². The van der Waals surface area contributed by atoms with Gasteiger partial charge in [-0.05, 0) is 49.4 Å². The molecule has 0 bridgehead atoms. The molecule has 2 N–H and O–H groups in total. The Bertz CT molecular complexity index is 877. The van der Waals surface area contributed by atoms with Crippen molar-refractivity contribution in [3.8, 4) is 11.8 Å². The molecule has 0 radical (unpaired) electrons. The number of Topliss-reactive ketones (excluding diaryl/α,β-unsaturated/α-hetero) is 2. The number of ketones is 2. The third kappa shape index (κ3) is 4.66. The quantitative estimate of drug-likeness (QED) is 0.601. The fourth-order valence-corrected chi connectivity index (χ4v) is 3.83. The van der Waals surface area contributed by atoms with Gasteiger partial charge in [0.05, 0.1) is 6.54 Å². The third-order valence-corrected chi connectivity index (χ3v) is 5.34. The van der Waals surface area contributed by atoms with E-state index in [-0.39, 0.29) is 30.4 Å². The zero-order valence-electron chi connectivity index (χ0n) is 15.6. The number of carbonyl (C=O) groups is 4. The second kappa shape index (κ2) is 8.83. The Kier molecular flexibility index (Phi) is 6.25. The number of rotatable bonds is 5. The summed E-state index contributed by atoms with van der Waals surface area (Å²) in [5.74, 6) is 4.19. The molecule has 0 aromatic heterocycles. The van der Waals surface area contributed by atoms with Crippen molar-refractivity contribution in [1.82, 2.24) is 5.32 Å². The number of amides is 1. The molecule has 2 aliphatic rings. The number of aliphatic carboxylic acids is 1. The molecule has 0 spiro atoms. The summed E-state index contributed by atoms with van der Waals surface area (Å²) in [6, 6.07) is 5.48. The first kappa shape index (κ1) is 19.8. The van der Waals surface area contributed by atoms with E-state index in [1.165, 1.54) is 0 Å². The SMILES string of the molecule is O=C(O)CCCCC#Cc1ccc2c(c1)CC(C1CCC(=O)CNC1=O)C2=O. The molecule has 1 aromatic rings. The Morgan fingerprint density at radius 3 is 2.79 bits per heavy atom. The van der Waals surface area contributed by atoms with Crippen LogP contribution in [0, 0.1) is 23.7 Å². The molecule has 146 valence electrons. The van der Waals surface area contributed by atoms with Crippen LogP contribution in [0.15, 0.2) is 18.2 Å². The van der Waals surface area contributed by atoms with Gasteiger partial charge in [-0.1, -0.05) is 11.8 Å². The lowest BCUT2D eigenvalue weighted by molar-refractivity contribution is -0.137. The molecule has 1 heterocycles. The molecular formula is C22H23NO5. The summed E-state index contributed by atoms with van der Waals surface area (Å²) in [4.78, 5) is 47.2. The highest BCUT2D eigenvalue weighted by atomic mass is 16.4. The number of hydrogen-bond donors (Lipinski definition) is 2. The first-order valence-corrected chi connectivity index (χ1v) is 9.63. The predicted molar refractivity (Wildman–Crippen MR) is 102 cm³/mol. The minimum absolute atomic E-state index is 0.000254. The lowest BCUT2D eigenvalue weighted by atomic mass is 9.85. The Balaban J connectivity index is 1.65. The van der Waals surface area contributed by atoms with E-state index in [1.54, 1.807) is 12.1 Å². The van der Waals surface area contributed by atoms with Gasteiger partial charge in [0.25, 0.3) is 0 Å². The zero-order chi connectivity index (χ0) is 20.1. The van der Waals surface area contributed by atoms with Gasteiger partial charge >= 0.3 is 5.97 Å². The number of nitrogens with one attached hydrogen (secondary N) is 1. The fourth-order valence-electron chi connectivity index (χ4n) is 3.83. The van der Waals surface area contributed by atoms with E-state index in [4.69, 9.17) is 5.11 Å². The average Bonchev–Trinajstić information content (AvgIpc) is 2.88. The summed E-state index contributed by atoms with van der Waals surface area (Å²) >= 11 is 0. The summed E-state index contributed by atoms with van der Waals surface area (Å²) < 4.78 is 0. The van der Waals surface area contributed by atoms with Crippen LogP contribution in [0.5, 0.6) is 0 Å². The molecular weight excluding hydrogens is 358 g/mol. The average molecular weight is 381 g/mol. The van der Waals surface area contributed by atoms with Crippen LogP contribution in [0.4, 0.5) is 0 Å². The van der Waals surface area contributed by atoms with Crippen molar-refractivity contribution in [2.24, 2.45) is 11.8 Å². The molecule has 1 aliphatic carbocycles. The van der Waals surface area contributed by atoms with Gasteiger partial charge in [0.1, 0.15) is 0 Å². The molecule has 1 saturated heterocycles. The van der Waals surface area contributed by atoms with E-state index in [1.807, 2.05) is 6.07 Å². The van der Waals surface area contributed by atoms with Gasteiger partial charge in [-0.15, -0.1) is 0 Å². The summed E-state index contributed by atoms with van der Waals surface area (Å²) in [5.41, 5.74) is 2.35. The van der Waals surface area contributed by atoms with Gasteiger partial charge in [-0.3, -0.25) is 19.2 Å². The molecule has 0 saturated carbocycles. The maximum Gasteiger partial charge on any atom is 0.303 e. The van der Waals surface area contributed by atoms with Crippen LogP contribution in [0.1, 0.15) is 60.0 Å². The number of carboxylic acid groups (broad SMARTS) is 1. The molecule has 1 aromatic carbocycles. The molecule has 3 rings (SSSR count). The van der Waals surface area contributed by atoms with Crippen LogP contribution in [0.25, 0.3) is 0 Å². The number of fused-ring (bicyclic) bond motifs is 1. The third-order valence-electron chi connectivity index (χ3n) is 5.34. The Morgan fingerprint density at radius 1 is 1.18 bits per heavy atom. The Morgan fingerprint density at radius 2 is 2.00 bits per heavy atom. The lowest BCUT2D eigenvalue weighted by Crippen LogP contribution is -2.36. The minimum atomic E-state index is -0.794. The van der Waals surface area contributed by atoms with Gasteiger partial charge < -0.3 is 10.4 Å². The number of carboxylic acids is 1. The molecule has 1 amide bonds. The van der Waals surface area contributed by atoms with Crippen molar-refractivity contribution < 1.29 is 24.3 Å². The van der Waals surface area contributed by atoms with Gasteiger partial charge in [-0.2, -0.15) is 0 Å². The maximum absolute atomic E-state index is 12.8. The smallest absolute Gasteiger partial charge is 0.303 e. The molecule has 6 nitrogen and oxygen atoms in total. The highest BCUT2D eigenvalue weighted by Crippen LogP contribution is 2.35. The van der Waals surface area contributed by atoms with Crippen LogP contribution in [0.2, 0.25) is 0 Å². The van der Waals surface area contributed by atoms with Crippen LogP contribution < -0.4 is 5.32 Å². The molecule has 1 aliphatic heterocycles. The van der Waals surface area contributed by atoms with Gasteiger partial charge in [-0.25, -0.2) is 0 Å². The highest BCUT2D eigenvalue weighted by Gasteiger charge is 2.40. The second-order valence-corrected chi connectivity index (χ2v) is 7.35. The summed E-state index contributed by atoms with van der Waals surface area (Å²) in [7, 11) is 0. The first-order valence-electron chi connectivity index (χ1n) is 9.63. The molecule has 6 heteroatoms. The van der Waals surface area contributed by atoms with Crippen molar-refractivity contribution in [2.45, 2.75) is 44.9 Å². The molecule has 2 unspecified atom stereocenters. The Hall–Kier alpha value is -2.94. The molecule has 1 fully saturated rings. The fraction of sp³-hybridized carbons (Fsp3) is 0.455. The highest BCUT2D eigenvalue weighted by molar-refractivity contribution is 6.05. The topological polar surface area (TPSA) is 101 Å². The maximum atomic E-state index is 12.8. The first-order chi connectivity index (χ1) is 13.5. The minimum Gasteiger partial charge on any atom is -0.481 e. The van der Waals surface area contributed by atoms with Crippen LogP contribution >= 0.6 is 0 Å². The van der Waals surface area contributed by atoms with E-state index in [9.17, 15) is 19.2 Å². The number of hydrogen-bond acceptors (Lipinski definition) is 4. The van der Waals surface area contributed by atoms with Crippen molar-refractivity contribution in [3.05, 3.63) is 34.9 Å². The van der Waals surface area contributed by atoms with Gasteiger partial charge in [0.2, 0.25) is 5.91 Å². The molecule has 2 atom stereocenters. The summed E-state index contributed by atoms with van der Waals surface area (Å²) in [5, 5.41) is 11.2. The van der Waals surface area contributed by atoms with Gasteiger partial charge in [0, 0.05) is 42.2 Å². The molecule has 28 heavy (non-hydrogen) atoms. The number of benzene rings is 1. The van der Waals surface area contributed by atoms with E-state index in [2.05, 4.69) is 17.2 Å². The Labute approximate surface area is 163 Å². The van der Waals surface area contributed by atoms with E-state index in [0.717, 1.165) is 17.5 Å². The van der Waals surface area contributed by atoms with Crippen molar-refractivity contribution >= 4 is 23.4 Å².